The number of hydrogen-bond donors (Lipinski definition) is 2. The number of hydrogen-bond acceptors (Lipinski definition) is 5. The Labute approximate surface area is 84.2 Å². The van der Waals surface area contributed by atoms with Crippen molar-refractivity contribution >= 4 is 29.4 Å². The fraction of sp³-hybridized carbons (Fsp3) is 0.375. The van der Waals surface area contributed by atoms with Crippen LogP contribution >= 0.6 is 0 Å². The first kappa shape index (κ1) is 11.0. The number of carbonyl (C=O) groups is 5. The van der Waals surface area contributed by atoms with E-state index in [-0.39, 0.29) is 0 Å². The van der Waals surface area contributed by atoms with Gasteiger partial charge in [-0.25, -0.2) is 4.79 Å². The Bertz CT molecular complexity index is 362. The van der Waals surface area contributed by atoms with E-state index < -0.39 is 34.8 Å². The molecule has 80 valence electrons. The van der Waals surface area contributed by atoms with E-state index in [4.69, 9.17) is 0 Å². The summed E-state index contributed by atoms with van der Waals surface area (Å²) < 4.78 is 0. The Hall–Kier alpha value is -2.05. The lowest BCUT2D eigenvalue weighted by Crippen LogP contribution is -2.67. The van der Waals surface area contributed by atoms with E-state index in [1.165, 1.54) is 0 Å². The molecule has 1 heterocycles. The number of ketones is 2. The summed E-state index contributed by atoms with van der Waals surface area (Å²) in [6.07, 6.45) is 0. The third-order valence-electron chi connectivity index (χ3n) is 2.19. The quantitative estimate of drug-likeness (QED) is 0.542. The van der Waals surface area contributed by atoms with Crippen molar-refractivity contribution in [2.24, 2.45) is 5.41 Å². The summed E-state index contributed by atoms with van der Waals surface area (Å²) in [7, 11) is 0. The van der Waals surface area contributed by atoms with Gasteiger partial charge in [0.2, 0.25) is 5.41 Å². The van der Waals surface area contributed by atoms with Crippen LogP contribution < -0.4 is 10.6 Å². The number of amides is 4. The Kier molecular flexibility index (Phi) is 2.40. The molecule has 15 heavy (non-hydrogen) atoms. The molecule has 0 atom stereocenters. The van der Waals surface area contributed by atoms with Crippen molar-refractivity contribution in [3.8, 4) is 0 Å². The smallest absolute Gasteiger partial charge is 0.298 e. The normalized spacial score (nSPS) is 19.2. The number of Topliss-reactive ketones (excluding diaryl/α,β-unsaturated/α-hetero) is 2. The van der Waals surface area contributed by atoms with Crippen LogP contribution in [0.1, 0.15) is 13.8 Å². The number of nitrogens with one attached hydrogen (secondary N) is 2. The minimum atomic E-state index is -2.42. The fourth-order valence-electron chi connectivity index (χ4n) is 1.42. The highest BCUT2D eigenvalue weighted by Crippen LogP contribution is 2.23. The molecule has 1 aliphatic rings. The number of barbiturate groups is 1. The molecule has 0 aromatic carbocycles. The van der Waals surface area contributed by atoms with Crippen LogP contribution in [0.5, 0.6) is 0 Å². The molecule has 0 saturated carbocycles. The number of urea groups is 1. The van der Waals surface area contributed by atoms with E-state index in [0.717, 1.165) is 13.8 Å². The summed E-state index contributed by atoms with van der Waals surface area (Å²) in [5.41, 5.74) is -2.42. The topological polar surface area (TPSA) is 109 Å². The second kappa shape index (κ2) is 3.26. The zero-order valence-corrected chi connectivity index (χ0v) is 8.04. The molecule has 4 amide bonds. The van der Waals surface area contributed by atoms with Gasteiger partial charge in [-0.15, -0.1) is 0 Å². The molecule has 0 aliphatic carbocycles. The lowest BCUT2D eigenvalue weighted by Gasteiger charge is -2.28. The van der Waals surface area contributed by atoms with Crippen molar-refractivity contribution in [2.75, 3.05) is 0 Å². The summed E-state index contributed by atoms with van der Waals surface area (Å²) in [5.74, 6) is -4.23. The van der Waals surface area contributed by atoms with Gasteiger partial charge in [0.05, 0.1) is 0 Å². The molecule has 7 heteroatoms. The van der Waals surface area contributed by atoms with Crippen molar-refractivity contribution in [1.29, 1.82) is 0 Å². The van der Waals surface area contributed by atoms with E-state index in [9.17, 15) is 24.0 Å². The zero-order chi connectivity index (χ0) is 11.8. The molecule has 0 aromatic heterocycles. The van der Waals surface area contributed by atoms with Crippen LogP contribution in [0.15, 0.2) is 0 Å². The van der Waals surface area contributed by atoms with E-state index in [1.807, 2.05) is 0 Å². The van der Waals surface area contributed by atoms with Crippen molar-refractivity contribution < 1.29 is 24.0 Å². The summed E-state index contributed by atoms with van der Waals surface area (Å²) in [4.78, 5) is 56.0. The van der Waals surface area contributed by atoms with Crippen LogP contribution in [0, 0.1) is 5.41 Å². The van der Waals surface area contributed by atoms with Crippen LogP contribution in [0.4, 0.5) is 4.79 Å². The third-order valence-corrected chi connectivity index (χ3v) is 2.19. The van der Waals surface area contributed by atoms with Gasteiger partial charge in [0.1, 0.15) is 0 Å². The maximum atomic E-state index is 11.4. The van der Waals surface area contributed by atoms with Gasteiger partial charge >= 0.3 is 6.03 Å². The molecule has 1 saturated heterocycles. The molecule has 1 aliphatic heterocycles. The Morgan fingerprint density at radius 3 is 1.53 bits per heavy atom. The SMILES string of the molecule is CC(=O)C1(C(C)=O)C(=O)NC(=O)NC1=O. The van der Waals surface area contributed by atoms with Gasteiger partial charge in [0, 0.05) is 0 Å². The largest absolute Gasteiger partial charge is 0.328 e. The number of imide groups is 2. The minimum Gasteiger partial charge on any atom is -0.298 e. The molecule has 0 spiro atoms. The van der Waals surface area contributed by atoms with Crippen LogP contribution in [-0.4, -0.2) is 29.4 Å². The predicted molar refractivity (Wildman–Crippen MR) is 45.5 cm³/mol. The summed E-state index contributed by atoms with van der Waals surface area (Å²) in [6, 6.07) is -1.04. The highest BCUT2D eigenvalue weighted by Gasteiger charge is 2.58. The van der Waals surface area contributed by atoms with Gasteiger partial charge in [-0.1, -0.05) is 0 Å². The summed E-state index contributed by atoms with van der Waals surface area (Å²) in [5, 5.41) is 3.42. The monoisotopic (exact) mass is 212 g/mol. The van der Waals surface area contributed by atoms with Gasteiger partial charge in [-0.3, -0.25) is 29.8 Å². The van der Waals surface area contributed by atoms with Gasteiger partial charge < -0.3 is 0 Å². The molecule has 7 nitrogen and oxygen atoms in total. The third kappa shape index (κ3) is 1.32. The predicted octanol–water partition coefficient (Wildman–Crippen LogP) is -1.48. The number of rotatable bonds is 2. The van der Waals surface area contributed by atoms with E-state index in [1.54, 1.807) is 10.6 Å². The zero-order valence-electron chi connectivity index (χ0n) is 8.04. The van der Waals surface area contributed by atoms with Crippen molar-refractivity contribution in [3.63, 3.8) is 0 Å². The molecule has 0 radical (unpaired) electrons. The molecule has 1 rings (SSSR count). The van der Waals surface area contributed by atoms with Gasteiger partial charge in [0.15, 0.2) is 11.6 Å². The van der Waals surface area contributed by atoms with Gasteiger partial charge in [-0.2, -0.15) is 0 Å². The van der Waals surface area contributed by atoms with Crippen LogP contribution in [-0.2, 0) is 19.2 Å². The second-order valence-corrected chi connectivity index (χ2v) is 3.10. The average Bonchev–Trinajstić information content (AvgIpc) is 2.00. The van der Waals surface area contributed by atoms with Crippen molar-refractivity contribution in [2.45, 2.75) is 13.8 Å². The fourth-order valence-corrected chi connectivity index (χ4v) is 1.42. The molecular formula is C8H8N2O5. The maximum absolute atomic E-state index is 11.4. The molecule has 0 aromatic rings. The van der Waals surface area contributed by atoms with Crippen LogP contribution in [0.2, 0.25) is 0 Å². The van der Waals surface area contributed by atoms with E-state index >= 15 is 0 Å². The first-order chi connectivity index (χ1) is 6.83. The minimum absolute atomic E-state index is 0.919. The standard InChI is InChI=1S/C8H8N2O5/c1-3(11)8(4(2)12)5(13)9-7(15)10-6(8)14/h1-2H3,(H2,9,10,13,14,15). The first-order valence-corrected chi connectivity index (χ1v) is 4.02. The Morgan fingerprint density at radius 2 is 1.27 bits per heavy atom. The van der Waals surface area contributed by atoms with Gasteiger partial charge in [0.25, 0.3) is 11.8 Å². The average molecular weight is 212 g/mol. The van der Waals surface area contributed by atoms with Crippen LogP contribution in [0.3, 0.4) is 0 Å². The highest BCUT2D eigenvalue weighted by molar-refractivity contribution is 6.41. The molecule has 0 unspecified atom stereocenters. The van der Waals surface area contributed by atoms with Crippen molar-refractivity contribution in [3.05, 3.63) is 0 Å². The second-order valence-electron chi connectivity index (χ2n) is 3.10. The van der Waals surface area contributed by atoms with Crippen molar-refractivity contribution in [1.82, 2.24) is 10.6 Å². The number of carbonyl (C=O) groups excluding carboxylic acids is 5. The first-order valence-electron chi connectivity index (χ1n) is 4.02. The lowest BCUT2D eigenvalue weighted by atomic mass is 9.77. The van der Waals surface area contributed by atoms with E-state index in [2.05, 4.69) is 0 Å². The van der Waals surface area contributed by atoms with E-state index in [0.29, 0.717) is 0 Å². The Morgan fingerprint density at radius 1 is 0.933 bits per heavy atom. The summed E-state index contributed by atoms with van der Waals surface area (Å²) >= 11 is 0. The highest BCUT2D eigenvalue weighted by atomic mass is 16.2. The Balaban J connectivity index is 3.34. The molecular weight excluding hydrogens is 204 g/mol. The van der Waals surface area contributed by atoms with Crippen LogP contribution in [0.25, 0.3) is 0 Å². The van der Waals surface area contributed by atoms with Gasteiger partial charge in [-0.05, 0) is 13.8 Å². The summed E-state index contributed by atoms with van der Waals surface area (Å²) in [6.45, 7) is 1.88. The lowest BCUT2D eigenvalue weighted by molar-refractivity contribution is -0.155. The molecule has 2 N–H and O–H groups in total. The molecule has 0 bridgehead atoms. The molecule has 1 fully saturated rings. The maximum Gasteiger partial charge on any atom is 0.328 e.